The molecule has 0 spiro atoms. The van der Waals surface area contributed by atoms with Gasteiger partial charge in [-0.3, -0.25) is 4.79 Å². The number of aldehydes is 1. The van der Waals surface area contributed by atoms with Crippen molar-refractivity contribution in [2.45, 2.75) is 12.8 Å². The van der Waals surface area contributed by atoms with Gasteiger partial charge in [0.2, 0.25) is 5.88 Å². The van der Waals surface area contributed by atoms with E-state index < -0.39 is 0 Å². The van der Waals surface area contributed by atoms with E-state index in [0.717, 1.165) is 6.29 Å². The zero-order valence-corrected chi connectivity index (χ0v) is 14.0. The Bertz CT molecular complexity index is 682. The fraction of sp³-hybridized carbons (Fsp3) is 0.375. The molecule has 0 radical (unpaired) electrons. The summed E-state index contributed by atoms with van der Waals surface area (Å²) in [5.41, 5.74) is 6.17. The molecule has 2 heterocycles. The molecule has 7 nitrogen and oxygen atoms in total. The van der Waals surface area contributed by atoms with Crippen LogP contribution >= 0.6 is 11.6 Å². The van der Waals surface area contributed by atoms with Crippen molar-refractivity contribution in [1.29, 1.82) is 5.41 Å². The van der Waals surface area contributed by atoms with E-state index in [0.29, 0.717) is 37.4 Å². The summed E-state index contributed by atoms with van der Waals surface area (Å²) < 4.78 is 5.01. The van der Waals surface area contributed by atoms with Gasteiger partial charge in [0.05, 0.1) is 29.7 Å². The number of aromatic nitrogens is 1. The molecule has 0 bridgehead atoms. The SMILES string of the molecule is COc1cc(C(=N)C=C(N)C(=O)N2CCC(C=O)CC2)c(Cl)cn1. The van der Waals surface area contributed by atoms with Gasteiger partial charge in [-0.1, -0.05) is 11.6 Å². The number of piperidine rings is 1. The average molecular weight is 351 g/mol. The molecule has 0 unspecified atom stereocenters. The first-order valence-electron chi connectivity index (χ1n) is 7.46. The first-order valence-corrected chi connectivity index (χ1v) is 7.84. The maximum atomic E-state index is 12.3. The first kappa shape index (κ1) is 17.9. The molecule has 8 heteroatoms. The summed E-state index contributed by atoms with van der Waals surface area (Å²) in [6.45, 7) is 0.960. The highest BCUT2D eigenvalue weighted by Crippen LogP contribution is 2.21. The Morgan fingerprint density at radius 3 is 2.75 bits per heavy atom. The molecule has 2 rings (SSSR count). The molecule has 1 amide bonds. The van der Waals surface area contributed by atoms with Crippen LogP contribution in [0, 0.1) is 11.3 Å². The number of methoxy groups -OCH3 is 1. The molecule has 128 valence electrons. The molecule has 0 atom stereocenters. The van der Waals surface area contributed by atoms with Gasteiger partial charge in [0.25, 0.3) is 5.91 Å². The Balaban J connectivity index is 2.11. The molecular formula is C16H19ClN4O3. The van der Waals surface area contributed by atoms with Crippen LogP contribution < -0.4 is 10.5 Å². The van der Waals surface area contributed by atoms with Crippen molar-refractivity contribution in [3.8, 4) is 5.88 Å². The van der Waals surface area contributed by atoms with E-state index in [1.54, 1.807) is 4.90 Å². The minimum Gasteiger partial charge on any atom is -0.481 e. The highest BCUT2D eigenvalue weighted by atomic mass is 35.5. The zero-order valence-electron chi connectivity index (χ0n) is 13.3. The Labute approximate surface area is 144 Å². The number of amides is 1. The summed E-state index contributed by atoms with van der Waals surface area (Å²) in [4.78, 5) is 28.6. The van der Waals surface area contributed by atoms with Crippen LogP contribution in [0.15, 0.2) is 24.0 Å². The lowest BCUT2D eigenvalue weighted by Crippen LogP contribution is -2.41. The second-order valence-corrected chi connectivity index (χ2v) is 5.89. The number of allylic oxidation sites excluding steroid dienone is 1. The summed E-state index contributed by atoms with van der Waals surface area (Å²) in [5, 5.41) is 8.37. The normalized spacial score (nSPS) is 15.9. The molecule has 3 N–H and O–H groups in total. The van der Waals surface area contributed by atoms with E-state index in [1.807, 2.05) is 0 Å². The van der Waals surface area contributed by atoms with Gasteiger partial charge in [-0.05, 0) is 18.9 Å². The van der Waals surface area contributed by atoms with Crippen LogP contribution in [-0.2, 0) is 9.59 Å². The number of ether oxygens (including phenoxy) is 1. The first-order chi connectivity index (χ1) is 11.5. The van der Waals surface area contributed by atoms with E-state index in [1.165, 1.54) is 25.4 Å². The largest absolute Gasteiger partial charge is 0.481 e. The van der Waals surface area contributed by atoms with Crippen LogP contribution in [0.3, 0.4) is 0 Å². The number of hydrogen-bond donors (Lipinski definition) is 2. The Hall–Kier alpha value is -2.41. The average Bonchev–Trinajstić information content (AvgIpc) is 2.61. The number of nitrogens with one attached hydrogen (secondary N) is 1. The minimum atomic E-state index is -0.346. The van der Waals surface area contributed by atoms with E-state index in [2.05, 4.69) is 4.98 Å². The molecule has 0 aromatic carbocycles. The second-order valence-electron chi connectivity index (χ2n) is 5.49. The van der Waals surface area contributed by atoms with Crippen molar-refractivity contribution < 1.29 is 14.3 Å². The van der Waals surface area contributed by atoms with Crippen LogP contribution in [0.25, 0.3) is 0 Å². The molecule has 1 aliphatic rings. The molecule has 1 aliphatic heterocycles. The second kappa shape index (κ2) is 7.92. The third-order valence-corrected chi connectivity index (χ3v) is 4.20. The zero-order chi connectivity index (χ0) is 17.7. The standard InChI is InChI=1S/C16H19ClN4O3/c1-24-15-6-11(12(17)8-20-15)13(18)7-14(19)16(23)21-4-2-10(9-22)3-5-21/h6-10,18H,2-5,19H2,1H3. The molecule has 0 aliphatic carbocycles. The number of nitrogens with zero attached hydrogens (tertiary/aromatic N) is 2. The number of halogens is 1. The molecule has 1 fully saturated rings. The minimum absolute atomic E-state index is 0.000595. The van der Waals surface area contributed by atoms with Gasteiger partial charge < -0.3 is 25.6 Å². The van der Waals surface area contributed by atoms with Crippen molar-refractivity contribution in [2.24, 2.45) is 11.7 Å². The van der Waals surface area contributed by atoms with Crippen LogP contribution in [-0.4, -0.2) is 48.0 Å². The topological polar surface area (TPSA) is 109 Å². The number of pyridine rings is 1. The Morgan fingerprint density at radius 2 is 2.17 bits per heavy atom. The number of rotatable bonds is 5. The quantitative estimate of drug-likeness (QED) is 0.474. The molecule has 1 aromatic heterocycles. The monoisotopic (exact) mass is 350 g/mol. The molecular weight excluding hydrogens is 332 g/mol. The predicted molar refractivity (Wildman–Crippen MR) is 90.3 cm³/mol. The number of carbonyl (C=O) groups is 2. The van der Waals surface area contributed by atoms with E-state index in [-0.39, 0.29) is 28.3 Å². The van der Waals surface area contributed by atoms with Crippen molar-refractivity contribution in [3.05, 3.63) is 34.6 Å². The number of hydrogen-bond acceptors (Lipinski definition) is 6. The van der Waals surface area contributed by atoms with Gasteiger partial charge in [0.15, 0.2) is 0 Å². The fourth-order valence-electron chi connectivity index (χ4n) is 2.45. The van der Waals surface area contributed by atoms with Crippen LogP contribution in [0.2, 0.25) is 5.02 Å². The summed E-state index contributed by atoms with van der Waals surface area (Å²) in [6.07, 6.45) is 4.84. The number of likely N-dealkylation sites (tertiary alicyclic amines) is 1. The Kier molecular flexibility index (Phi) is 5.92. The van der Waals surface area contributed by atoms with E-state index in [9.17, 15) is 9.59 Å². The van der Waals surface area contributed by atoms with Gasteiger partial charge in [-0.15, -0.1) is 0 Å². The third-order valence-electron chi connectivity index (χ3n) is 3.90. The van der Waals surface area contributed by atoms with Gasteiger partial charge in [0, 0.05) is 30.6 Å². The predicted octanol–water partition coefficient (Wildman–Crippen LogP) is 1.39. The highest BCUT2D eigenvalue weighted by molar-refractivity contribution is 6.34. The van der Waals surface area contributed by atoms with E-state index >= 15 is 0 Å². The fourth-order valence-corrected chi connectivity index (χ4v) is 2.66. The lowest BCUT2D eigenvalue weighted by atomic mass is 9.98. The smallest absolute Gasteiger partial charge is 0.269 e. The van der Waals surface area contributed by atoms with Crippen molar-refractivity contribution in [3.63, 3.8) is 0 Å². The molecule has 24 heavy (non-hydrogen) atoms. The van der Waals surface area contributed by atoms with Gasteiger partial charge in [-0.2, -0.15) is 0 Å². The highest BCUT2D eigenvalue weighted by Gasteiger charge is 2.24. The van der Waals surface area contributed by atoms with Crippen molar-refractivity contribution in [1.82, 2.24) is 9.88 Å². The summed E-state index contributed by atoms with van der Waals surface area (Å²) in [5.74, 6) is -0.0322. The van der Waals surface area contributed by atoms with Crippen molar-refractivity contribution in [2.75, 3.05) is 20.2 Å². The number of carbonyl (C=O) groups excluding carboxylic acids is 2. The molecule has 1 aromatic rings. The van der Waals surface area contributed by atoms with E-state index in [4.69, 9.17) is 27.5 Å². The maximum Gasteiger partial charge on any atom is 0.269 e. The molecule has 0 saturated carbocycles. The summed E-state index contributed by atoms with van der Waals surface area (Å²) >= 11 is 6.03. The number of nitrogens with two attached hydrogens (primary N) is 1. The lowest BCUT2D eigenvalue weighted by molar-refractivity contribution is -0.129. The summed E-state index contributed by atoms with van der Waals surface area (Å²) in [6, 6.07) is 1.51. The van der Waals surface area contributed by atoms with Crippen LogP contribution in [0.5, 0.6) is 5.88 Å². The maximum absolute atomic E-state index is 12.3. The van der Waals surface area contributed by atoms with Gasteiger partial charge in [-0.25, -0.2) is 4.98 Å². The summed E-state index contributed by atoms with van der Waals surface area (Å²) in [7, 11) is 1.46. The van der Waals surface area contributed by atoms with Gasteiger partial charge >= 0.3 is 0 Å². The lowest BCUT2D eigenvalue weighted by Gasteiger charge is -2.29. The third kappa shape index (κ3) is 4.11. The van der Waals surface area contributed by atoms with Crippen LogP contribution in [0.1, 0.15) is 18.4 Å². The van der Waals surface area contributed by atoms with Crippen LogP contribution in [0.4, 0.5) is 0 Å². The molecule has 1 saturated heterocycles. The van der Waals surface area contributed by atoms with Crippen molar-refractivity contribution >= 4 is 29.5 Å². The Morgan fingerprint density at radius 1 is 1.50 bits per heavy atom. The van der Waals surface area contributed by atoms with Gasteiger partial charge in [0.1, 0.15) is 6.29 Å².